The van der Waals surface area contributed by atoms with E-state index in [1.54, 1.807) is 0 Å². The molecule has 0 saturated heterocycles. The summed E-state index contributed by atoms with van der Waals surface area (Å²) in [6.45, 7) is 3.46. The molecule has 7 heteroatoms. The van der Waals surface area contributed by atoms with Crippen molar-refractivity contribution in [2.45, 2.75) is 0 Å². The molecule has 0 bridgehead atoms. The van der Waals surface area contributed by atoms with Crippen LogP contribution in [-0.2, 0) is 14.9 Å². The molecule has 0 amide bonds. The van der Waals surface area contributed by atoms with Gasteiger partial charge in [0, 0.05) is 0 Å². The van der Waals surface area contributed by atoms with E-state index < -0.39 is 21.6 Å². The third-order valence-electron chi connectivity index (χ3n) is 0.758. The number of aliphatic hydroxyl groups is 1. The van der Waals surface area contributed by atoms with Gasteiger partial charge in [-0.05, 0) is 0 Å². The van der Waals surface area contributed by atoms with Crippen LogP contribution < -0.4 is 29.6 Å². The largest absolute Gasteiger partial charge is 1.00 e. The molecule has 0 aromatic carbocycles. The molecule has 0 radical (unpaired) electrons. The van der Waals surface area contributed by atoms with E-state index in [9.17, 15) is 13.0 Å². The van der Waals surface area contributed by atoms with E-state index in [0.29, 0.717) is 0 Å². The minimum atomic E-state index is -4.43. The number of ether oxygens (including phenoxy) is 1. The van der Waals surface area contributed by atoms with Gasteiger partial charge < -0.3 is 14.4 Å². The van der Waals surface area contributed by atoms with Gasteiger partial charge in [0.05, 0.1) is 5.75 Å². The summed E-state index contributed by atoms with van der Waals surface area (Å²) in [5, 5.41) is 8.73. The summed E-state index contributed by atoms with van der Waals surface area (Å²) < 4.78 is 34.7. The van der Waals surface area contributed by atoms with Gasteiger partial charge in [0.1, 0.15) is 28.7 Å². The molecule has 0 rings (SSSR count). The van der Waals surface area contributed by atoms with Gasteiger partial charge in [0.2, 0.25) is 0 Å². The average molecular weight is 216 g/mol. The van der Waals surface area contributed by atoms with Crippen LogP contribution in [0.3, 0.4) is 0 Å². The van der Waals surface area contributed by atoms with E-state index in [-0.39, 0.29) is 36.2 Å². The van der Waals surface area contributed by atoms with Crippen molar-refractivity contribution in [3.8, 4) is 0 Å². The maximum atomic E-state index is 10.0. The molecule has 1 N–H and O–H groups in total. The molecule has 0 aromatic heterocycles. The summed E-state index contributed by atoms with van der Waals surface area (Å²) in [5.74, 6) is -1.57. The van der Waals surface area contributed by atoms with Crippen molar-refractivity contribution in [1.29, 1.82) is 0 Å². The van der Waals surface area contributed by atoms with Crippen molar-refractivity contribution >= 4 is 10.1 Å². The number of aliphatic hydroxyl groups excluding tert-OH is 1. The van der Waals surface area contributed by atoms with Crippen LogP contribution in [0.15, 0.2) is 24.7 Å². The van der Waals surface area contributed by atoms with E-state index in [0.717, 1.165) is 6.26 Å². The third kappa shape index (κ3) is 12.0. The van der Waals surface area contributed by atoms with Crippen molar-refractivity contribution in [3.05, 3.63) is 24.7 Å². The van der Waals surface area contributed by atoms with Gasteiger partial charge in [-0.3, -0.25) is 0 Å². The standard InChI is InChI=1S/C6H10O5S.Na/c1-2-3-11-4-6(7)5-12(8,9)10;/h2,4,7H,1,3,5H2,(H,8,9,10);/q;+1/p-1. The van der Waals surface area contributed by atoms with Crippen LogP contribution in [0.4, 0.5) is 0 Å². The second-order valence-electron chi connectivity index (χ2n) is 1.93. The van der Waals surface area contributed by atoms with Gasteiger partial charge in [0.25, 0.3) is 0 Å². The Morgan fingerprint density at radius 2 is 2.15 bits per heavy atom. The van der Waals surface area contributed by atoms with E-state index >= 15 is 0 Å². The SMILES string of the molecule is C=CCOC=C(O)CS(=O)(=O)[O-].[Na+]. The fourth-order valence-electron chi connectivity index (χ4n) is 0.427. The molecule has 70 valence electrons. The van der Waals surface area contributed by atoms with Crippen LogP contribution in [0.5, 0.6) is 0 Å². The van der Waals surface area contributed by atoms with Gasteiger partial charge >= 0.3 is 29.6 Å². The number of hydrogen-bond acceptors (Lipinski definition) is 5. The first kappa shape index (κ1) is 15.5. The smallest absolute Gasteiger partial charge is 0.748 e. The van der Waals surface area contributed by atoms with E-state index in [1.807, 2.05) is 0 Å². The molecular weight excluding hydrogens is 207 g/mol. The van der Waals surface area contributed by atoms with Gasteiger partial charge in [-0.2, -0.15) is 0 Å². The summed E-state index contributed by atoms with van der Waals surface area (Å²) in [5.41, 5.74) is 0. The summed E-state index contributed by atoms with van der Waals surface area (Å²) >= 11 is 0. The van der Waals surface area contributed by atoms with Crippen LogP contribution in [0.25, 0.3) is 0 Å². The van der Waals surface area contributed by atoms with Gasteiger partial charge in [-0.25, -0.2) is 8.42 Å². The topological polar surface area (TPSA) is 86.7 Å². The van der Waals surface area contributed by atoms with Gasteiger partial charge in [-0.1, -0.05) is 12.7 Å². The maximum absolute atomic E-state index is 10.0. The molecule has 0 aromatic rings. The molecule has 0 atom stereocenters. The monoisotopic (exact) mass is 216 g/mol. The molecule has 0 aliphatic rings. The molecule has 0 aliphatic carbocycles. The number of hydrogen-bond donors (Lipinski definition) is 1. The van der Waals surface area contributed by atoms with Crippen LogP contribution in [0.2, 0.25) is 0 Å². The summed E-state index contributed by atoms with van der Waals surface area (Å²) in [6, 6.07) is 0. The zero-order chi connectivity index (χ0) is 9.61. The third-order valence-corrected chi connectivity index (χ3v) is 1.41. The van der Waals surface area contributed by atoms with Crippen molar-refractivity contribution in [1.82, 2.24) is 0 Å². The quantitative estimate of drug-likeness (QED) is 0.175. The molecule has 13 heavy (non-hydrogen) atoms. The average Bonchev–Trinajstić information content (AvgIpc) is 1.84. The second-order valence-corrected chi connectivity index (χ2v) is 3.34. The van der Waals surface area contributed by atoms with Crippen LogP contribution in [0.1, 0.15) is 0 Å². The van der Waals surface area contributed by atoms with Crippen LogP contribution in [0, 0.1) is 0 Å². The Labute approximate surface area is 99.1 Å². The van der Waals surface area contributed by atoms with Gasteiger partial charge in [-0.15, -0.1) is 0 Å². The van der Waals surface area contributed by atoms with E-state index in [1.165, 1.54) is 6.08 Å². The molecule has 5 nitrogen and oxygen atoms in total. The summed E-state index contributed by atoms with van der Waals surface area (Å²) in [7, 11) is -4.43. The van der Waals surface area contributed by atoms with Crippen molar-refractivity contribution in [2.24, 2.45) is 0 Å². The molecule has 0 fully saturated rings. The molecule has 0 aliphatic heterocycles. The zero-order valence-corrected chi connectivity index (χ0v) is 10.1. The molecule has 0 spiro atoms. The fraction of sp³-hybridized carbons (Fsp3) is 0.333. The zero-order valence-electron chi connectivity index (χ0n) is 7.26. The molecule has 0 saturated carbocycles. The predicted molar refractivity (Wildman–Crippen MR) is 41.4 cm³/mol. The first-order valence-electron chi connectivity index (χ1n) is 3.00. The Kier molecular flexibility index (Phi) is 8.80. The maximum Gasteiger partial charge on any atom is 1.00 e. The number of rotatable bonds is 5. The minimum absolute atomic E-state index is 0. The van der Waals surface area contributed by atoms with Crippen molar-refractivity contribution in [2.75, 3.05) is 12.4 Å². The van der Waals surface area contributed by atoms with Crippen molar-refractivity contribution < 1.29 is 52.4 Å². The fourth-order valence-corrected chi connectivity index (χ4v) is 0.858. The Hall–Kier alpha value is -0.0100. The molecule has 0 unspecified atom stereocenters. The van der Waals surface area contributed by atoms with E-state index in [2.05, 4.69) is 11.3 Å². The second kappa shape index (κ2) is 7.40. The Balaban J connectivity index is 0. The first-order valence-corrected chi connectivity index (χ1v) is 4.57. The molecule has 0 heterocycles. The minimum Gasteiger partial charge on any atom is -0.748 e. The van der Waals surface area contributed by atoms with Gasteiger partial charge in [0.15, 0.2) is 0 Å². The van der Waals surface area contributed by atoms with Crippen molar-refractivity contribution in [3.63, 3.8) is 0 Å². The Morgan fingerprint density at radius 1 is 1.62 bits per heavy atom. The summed E-state index contributed by atoms with van der Waals surface area (Å²) in [6.07, 6.45) is 2.21. The normalized spacial score (nSPS) is 11.6. The predicted octanol–water partition coefficient (Wildman–Crippen LogP) is -2.86. The molecular formula is C6H9NaO5S. The summed E-state index contributed by atoms with van der Waals surface area (Å²) in [4.78, 5) is 0. The van der Waals surface area contributed by atoms with E-state index in [4.69, 9.17) is 5.11 Å². The Bertz CT molecular complexity index is 269. The van der Waals surface area contributed by atoms with Crippen LogP contribution >= 0.6 is 0 Å². The Morgan fingerprint density at radius 3 is 2.54 bits per heavy atom. The van der Waals surface area contributed by atoms with Crippen LogP contribution in [-0.4, -0.2) is 30.4 Å². The first-order chi connectivity index (χ1) is 5.45.